The molecule has 1 fully saturated rings. The minimum atomic E-state index is -0.779. The SMILES string of the molecule is COc1cc([C@@H](CO)NC(=O)[C@@H](C)N2Cc3ccc(-c4nc(NC5CCOCC5)ncc4Cl)cc3C2=O)ccn1. The van der Waals surface area contributed by atoms with Gasteiger partial charge in [-0.15, -0.1) is 0 Å². The number of carbonyl (C=O) groups excluding carboxylic acids is 2. The number of ether oxygens (including phenoxy) is 2. The van der Waals surface area contributed by atoms with Crippen LogP contribution in [-0.2, 0) is 16.1 Å². The largest absolute Gasteiger partial charge is 0.481 e. The van der Waals surface area contributed by atoms with Crippen LogP contribution >= 0.6 is 11.6 Å². The number of hydrogen-bond donors (Lipinski definition) is 3. The Hall–Kier alpha value is -3.80. The number of fused-ring (bicyclic) bond motifs is 1. The molecule has 210 valence electrons. The normalized spacial score (nSPS) is 16.8. The minimum Gasteiger partial charge on any atom is -0.481 e. The summed E-state index contributed by atoms with van der Waals surface area (Å²) in [6, 6.07) is 7.58. The van der Waals surface area contributed by atoms with Crippen molar-refractivity contribution in [1.29, 1.82) is 0 Å². The summed E-state index contributed by atoms with van der Waals surface area (Å²) < 4.78 is 10.6. The fourth-order valence-electron chi connectivity index (χ4n) is 4.87. The number of aromatic nitrogens is 3. The highest BCUT2D eigenvalue weighted by Crippen LogP contribution is 2.32. The summed E-state index contributed by atoms with van der Waals surface area (Å²) in [7, 11) is 1.49. The molecule has 1 saturated heterocycles. The van der Waals surface area contributed by atoms with E-state index in [9.17, 15) is 14.7 Å². The van der Waals surface area contributed by atoms with Gasteiger partial charge in [-0.3, -0.25) is 9.59 Å². The van der Waals surface area contributed by atoms with Gasteiger partial charge in [-0.1, -0.05) is 23.7 Å². The van der Waals surface area contributed by atoms with Crippen molar-refractivity contribution in [3.63, 3.8) is 0 Å². The van der Waals surface area contributed by atoms with E-state index in [0.29, 0.717) is 52.4 Å². The predicted molar refractivity (Wildman–Crippen MR) is 148 cm³/mol. The Labute approximate surface area is 236 Å². The number of benzene rings is 1. The molecule has 0 radical (unpaired) electrons. The average Bonchev–Trinajstić information content (AvgIpc) is 3.32. The van der Waals surface area contributed by atoms with Gasteiger partial charge in [0.25, 0.3) is 5.91 Å². The first-order valence-corrected chi connectivity index (χ1v) is 13.5. The van der Waals surface area contributed by atoms with Gasteiger partial charge in [0, 0.05) is 49.2 Å². The van der Waals surface area contributed by atoms with Crippen molar-refractivity contribution in [2.24, 2.45) is 0 Å². The lowest BCUT2D eigenvalue weighted by molar-refractivity contribution is -0.126. The highest BCUT2D eigenvalue weighted by Gasteiger charge is 2.35. The van der Waals surface area contributed by atoms with Gasteiger partial charge in [-0.2, -0.15) is 0 Å². The van der Waals surface area contributed by atoms with Crippen LogP contribution in [0.15, 0.2) is 42.7 Å². The standard InChI is InChI=1S/C28H31ClN6O5/c1-16(26(37)33-23(15-36)17-5-8-30-24(12-17)39-2)35-14-19-4-3-18(11-21(19)27(35)38)25-22(29)13-31-28(34-25)32-20-6-9-40-10-7-20/h3-5,8,11-13,16,20,23,36H,6-7,9-10,14-15H2,1-2H3,(H,33,37)(H,31,32,34)/t16-,23-/m1/s1. The maximum Gasteiger partial charge on any atom is 0.255 e. The van der Waals surface area contributed by atoms with Crippen LogP contribution in [0.3, 0.4) is 0 Å². The summed E-state index contributed by atoms with van der Waals surface area (Å²) in [5.41, 5.74) is 3.13. The summed E-state index contributed by atoms with van der Waals surface area (Å²) in [5.74, 6) is 0.181. The van der Waals surface area contributed by atoms with E-state index in [0.717, 1.165) is 18.4 Å². The number of nitrogens with zero attached hydrogens (tertiary/aromatic N) is 4. The van der Waals surface area contributed by atoms with E-state index in [-0.39, 0.29) is 31.0 Å². The topological polar surface area (TPSA) is 139 Å². The van der Waals surface area contributed by atoms with Crippen LogP contribution in [-0.4, -0.2) is 75.8 Å². The molecule has 2 atom stereocenters. The number of rotatable bonds is 9. The number of nitrogens with one attached hydrogen (secondary N) is 2. The van der Waals surface area contributed by atoms with Crippen molar-refractivity contribution in [3.05, 3.63) is 64.4 Å². The molecular weight excluding hydrogens is 536 g/mol. The second-order valence-electron chi connectivity index (χ2n) is 9.78. The molecule has 12 heteroatoms. The number of anilines is 1. The number of methoxy groups -OCH3 is 1. The number of aliphatic hydroxyl groups is 1. The third-order valence-corrected chi connectivity index (χ3v) is 7.51. The molecule has 3 N–H and O–H groups in total. The van der Waals surface area contributed by atoms with Gasteiger partial charge in [0.2, 0.25) is 17.7 Å². The van der Waals surface area contributed by atoms with Crippen LogP contribution in [0.25, 0.3) is 11.3 Å². The highest BCUT2D eigenvalue weighted by molar-refractivity contribution is 6.33. The minimum absolute atomic E-state index is 0.219. The molecule has 11 nitrogen and oxygen atoms in total. The Balaban J connectivity index is 1.30. The Kier molecular flexibility index (Phi) is 8.43. The van der Waals surface area contributed by atoms with E-state index in [1.54, 1.807) is 37.5 Å². The molecule has 0 unspecified atom stereocenters. The molecule has 4 heterocycles. The molecule has 3 aromatic rings. The number of amides is 2. The molecule has 1 aromatic carbocycles. The molecule has 0 saturated carbocycles. The predicted octanol–water partition coefficient (Wildman–Crippen LogP) is 2.99. The summed E-state index contributed by atoms with van der Waals surface area (Å²) in [6.07, 6.45) is 4.83. The quantitative estimate of drug-likeness (QED) is 0.357. The maximum atomic E-state index is 13.4. The average molecular weight is 567 g/mol. The zero-order chi connectivity index (χ0) is 28.2. The van der Waals surface area contributed by atoms with Gasteiger partial charge in [0.05, 0.1) is 36.7 Å². The fourth-order valence-corrected chi connectivity index (χ4v) is 5.07. The summed E-state index contributed by atoms with van der Waals surface area (Å²) in [5, 5.41) is 16.5. The number of hydrogen-bond acceptors (Lipinski definition) is 9. The van der Waals surface area contributed by atoms with Crippen LogP contribution in [0.5, 0.6) is 5.88 Å². The van der Waals surface area contributed by atoms with Gasteiger partial charge >= 0.3 is 0 Å². The smallest absolute Gasteiger partial charge is 0.255 e. The van der Waals surface area contributed by atoms with Gasteiger partial charge in [0.1, 0.15) is 6.04 Å². The van der Waals surface area contributed by atoms with Crippen LogP contribution in [0.1, 0.15) is 47.3 Å². The molecule has 40 heavy (non-hydrogen) atoms. The second kappa shape index (κ2) is 12.2. The number of aliphatic hydroxyl groups excluding tert-OH is 1. The van der Waals surface area contributed by atoms with Crippen molar-refractivity contribution < 1.29 is 24.2 Å². The maximum absolute atomic E-state index is 13.4. The zero-order valence-electron chi connectivity index (χ0n) is 22.3. The van der Waals surface area contributed by atoms with Crippen molar-refractivity contribution in [2.75, 3.05) is 32.2 Å². The summed E-state index contributed by atoms with van der Waals surface area (Å²) in [6.45, 7) is 3.00. The molecule has 2 aliphatic heterocycles. The first-order chi connectivity index (χ1) is 19.4. The van der Waals surface area contributed by atoms with E-state index in [1.165, 1.54) is 12.0 Å². The lowest BCUT2D eigenvalue weighted by Gasteiger charge is -2.26. The van der Waals surface area contributed by atoms with Crippen molar-refractivity contribution >= 4 is 29.4 Å². The lowest BCUT2D eigenvalue weighted by atomic mass is 10.0. The van der Waals surface area contributed by atoms with E-state index in [2.05, 4.69) is 25.6 Å². The monoisotopic (exact) mass is 566 g/mol. The molecular formula is C28H31ClN6O5. The third kappa shape index (κ3) is 5.86. The molecule has 0 aliphatic carbocycles. The zero-order valence-corrected chi connectivity index (χ0v) is 23.0. The Bertz CT molecular complexity index is 1400. The van der Waals surface area contributed by atoms with Crippen molar-refractivity contribution in [3.8, 4) is 17.1 Å². The molecule has 5 rings (SSSR count). The second-order valence-corrected chi connectivity index (χ2v) is 10.2. The summed E-state index contributed by atoms with van der Waals surface area (Å²) in [4.78, 5) is 41.1. The number of pyridine rings is 1. The van der Waals surface area contributed by atoms with Gasteiger partial charge in [-0.25, -0.2) is 15.0 Å². The van der Waals surface area contributed by atoms with Gasteiger partial charge in [0.15, 0.2) is 0 Å². The van der Waals surface area contributed by atoms with Crippen LogP contribution in [0.2, 0.25) is 5.02 Å². The lowest BCUT2D eigenvalue weighted by Crippen LogP contribution is -2.46. The molecule has 2 aliphatic rings. The van der Waals surface area contributed by atoms with Gasteiger partial charge < -0.3 is 30.1 Å². The van der Waals surface area contributed by atoms with Crippen molar-refractivity contribution in [2.45, 2.75) is 44.4 Å². The van der Waals surface area contributed by atoms with Gasteiger partial charge in [-0.05, 0) is 43.0 Å². The van der Waals surface area contributed by atoms with E-state index < -0.39 is 12.1 Å². The van der Waals surface area contributed by atoms with E-state index in [4.69, 9.17) is 21.1 Å². The van der Waals surface area contributed by atoms with E-state index in [1.807, 2.05) is 12.1 Å². The van der Waals surface area contributed by atoms with Crippen LogP contribution < -0.4 is 15.4 Å². The first kappa shape index (κ1) is 27.8. The molecule has 2 aromatic heterocycles. The molecule has 2 amide bonds. The molecule has 0 bridgehead atoms. The Morgan fingerprint density at radius 2 is 2.05 bits per heavy atom. The van der Waals surface area contributed by atoms with Crippen LogP contribution in [0, 0.1) is 0 Å². The van der Waals surface area contributed by atoms with E-state index >= 15 is 0 Å². The Morgan fingerprint density at radius 1 is 1.25 bits per heavy atom. The van der Waals surface area contributed by atoms with Crippen molar-refractivity contribution in [1.82, 2.24) is 25.2 Å². The number of halogens is 1. The fraction of sp³-hybridized carbons (Fsp3) is 0.393. The Morgan fingerprint density at radius 3 is 2.80 bits per heavy atom. The molecule has 0 spiro atoms. The summed E-state index contributed by atoms with van der Waals surface area (Å²) >= 11 is 6.46. The number of carbonyl (C=O) groups is 2. The van der Waals surface area contributed by atoms with Crippen LogP contribution in [0.4, 0.5) is 5.95 Å². The third-order valence-electron chi connectivity index (χ3n) is 7.23. The first-order valence-electron chi connectivity index (χ1n) is 13.1. The highest BCUT2D eigenvalue weighted by atomic mass is 35.5.